The van der Waals surface area contributed by atoms with Gasteiger partial charge in [-0.25, -0.2) is 12.8 Å². The van der Waals surface area contributed by atoms with Crippen LogP contribution in [-0.2, 0) is 10.0 Å². The zero-order chi connectivity index (χ0) is 15.8. The van der Waals surface area contributed by atoms with Crippen molar-refractivity contribution in [2.45, 2.75) is 4.90 Å². The Kier molecular flexibility index (Phi) is 4.67. The molecule has 0 spiro atoms. The number of nitrogen functional groups attached to an aromatic ring is 1. The van der Waals surface area contributed by atoms with Crippen LogP contribution < -0.4 is 10.5 Å². The number of hydrogen-bond acceptors (Lipinski definition) is 3. The van der Waals surface area contributed by atoms with Gasteiger partial charge in [0.25, 0.3) is 10.0 Å². The quantitative estimate of drug-likeness (QED) is 0.737. The normalized spacial score (nSPS) is 11.4. The molecule has 2 aromatic rings. The van der Waals surface area contributed by atoms with E-state index in [-0.39, 0.29) is 25.9 Å². The van der Waals surface area contributed by atoms with Gasteiger partial charge in [-0.05, 0) is 46.3 Å². The molecule has 0 aliphatic heterocycles. The second-order valence-electron chi connectivity index (χ2n) is 4.04. The molecule has 0 atom stereocenters. The Morgan fingerprint density at radius 1 is 1.14 bits per heavy atom. The highest BCUT2D eigenvalue weighted by Gasteiger charge is 2.21. The SMILES string of the molecule is Nc1cc(S(=O)(=O)Nc2ccc(Cl)c(Cl)c2)c(F)cc1Br. The summed E-state index contributed by atoms with van der Waals surface area (Å²) in [7, 11) is -4.14. The molecule has 9 heteroatoms. The van der Waals surface area contributed by atoms with Crippen LogP contribution in [0.3, 0.4) is 0 Å². The zero-order valence-electron chi connectivity index (χ0n) is 10.2. The zero-order valence-corrected chi connectivity index (χ0v) is 14.1. The van der Waals surface area contributed by atoms with E-state index < -0.39 is 20.7 Å². The maximum Gasteiger partial charge on any atom is 0.264 e. The molecule has 2 aromatic carbocycles. The minimum Gasteiger partial charge on any atom is -0.398 e. The van der Waals surface area contributed by atoms with Crippen LogP contribution >= 0.6 is 39.1 Å². The molecule has 0 saturated carbocycles. The third-order valence-corrected chi connectivity index (χ3v) is 5.33. The minimum atomic E-state index is -4.14. The maximum atomic E-state index is 13.8. The van der Waals surface area contributed by atoms with Crippen molar-refractivity contribution in [1.29, 1.82) is 0 Å². The van der Waals surface area contributed by atoms with Gasteiger partial charge in [0.05, 0.1) is 15.7 Å². The fourth-order valence-corrected chi connectivity index (χ4v) is 3.28. The molecule has 0 heterocycles. The maximum absolute atomic E-state index is 13.8. The summed E-state index contributed by atoms with van der Waals surface area (Å²) < 4.78 is 40.7. The molecule has 21 heavy (non-hydrogen) atoms. The summed E-state index contributed by atoms with van der Waals surface area (Å²) in [5, 5.41) is 0.450. The van der Waals surface area contributed by atoms with Gasteiger partial charge < -0.3 is 5.73 Å². The summed E-state index contributed by atoms with van der Waals surface area (Å²) in [6.45, 7) is 0. The first kappa shape index (κ1) is 16.4. The largest absolute Gasteiger partial charge is 0.398 e. The molecule has 0 aliphatic rings. The van der Waals surface area contributed by atoms with Crippen molar-refractivity contribution in [3.63, 3.8) is 0 Å². The molecule has 3 N–H and O–H groups in total. The van der Waals surface area contributed by atoms with Gasteiger partial charge in [-0.2, -0.15) is 0 Å². The molecule has 4 nitrogen and oxygen atoms in total. The Balaban J connectivity index is 2.43. The van der Waals surface area contributed by atoms with Gasteiger partial charge in [0.2, 0.25) is 0 Å². The Morgan fingerprint density at radius 2 is 1.81 bits per heavy atom. The number of benzene rings is 2. The first-order chi connectivity index (χ1) is 9.70. The van der Waals surface area contributed by atoms with E-state index in [4.69, 9.17) is 28.9 Å². The van der Waals surface area contributed by atoms with E-state index in [1.54, 1.807) is 0 Å². The van der Waals surface area contributed by atoms with Crippen LogP contribution in [0.1, 0.15) is 0 Å². The van der Waals surface area contributed by atoms with Gasteiger partial charge in [0.1, 0.15) is 10.7 Å². The highest BCUT2D eigenvalue weighted by atomic mass is 79.9. The van der Waals surface area contributed by atoms with Crippen molar-refractivity contribution in [3.8, 4) is 0 Å². The Hall–Kier alpha value is -1.02. The number of rotatable bonds is 3. The number of nitrogens with one attached hydrogen (secondary N) is 1. The average molecular weight is 414 g/mol. The smallest absolute Gasteiger partial charge is 0.264 e. The Labute approximate surface area is 139 Å². The fourth-order valence-electron chi connectivity index (χ4n) is 1.52. The molecular formula is C12H8BrCl2FN2O2S. The summed E-state index contributed by atoms with van der Waals surface area (Å²) in [6, 6.07) is 6.17. The number of nitrogens with two attached hydrogens (primary N) is 1. The molecule has 0 saturated heterocycles. The topological polar surface area (TPSA) is 72.2 Å². The summed E-state index contributed by atoms with van der Waals surface area (Å²) in [5.74, 6) is -0.927. The van der Waals surface area contributed by atoms with E-state index in [0.29, 0.717) is 0 Å². The summed E-state index contributed by atoms with van der Waals surface area (Å²) in [4.78, 5) is -0.561. The van der Waals surface area contributed by atoms with Crippen LogP contribution in [0.5, 0.6) is 0 Å². The lowest BCUT2D eigenvalue weighted by Gasteiger charge is -2.11. The van der Waals surface area contributed by atoms with Crippen LogP contribution in [0.2, 0.25) is 10.0 Å². The van der Waals surface area contributed by atoms with Crippen LogP contribution in [0, 0.1) is 5.82 Å². The fraction of sp³-hybridized carbons (Fsp3) is 0. The van der Waals surface area contributed by atoms with Crippen molar-refractivity contribution in [1.82, 2.24) is 0 Å². The van der Waals surface area contributed by atoms with Crippen molar-refractivity contribution >= 4 is 60.5 Å². The van der Waals surface area contributed by atoms with Gasteiger partial charge in [-0.15, -0.1) is 0 Å². The van der Waals surface area contributed by atoms with E-state index in [1.165, 1.54) is 18.2 Å². The Bertz CT molecular complexity index is 815. The van der Waals surface area contributed by atoms with Crippen LogP contribution in [-0.4, -0.2) is 8.42 Å². The van der Waals surface area contributed by atoms with Crippen LogP contribution in [0.4, 0.5) is 15.8 Å². The third-order valence-electron chi connectivity index (χ3n) is 2.51. The molecule has 0 aromatic heterocycles. The third kappa shape index (κ3) is 3.60. The summed E-state index contributed by atoms with van der Waals surface area (Å²) in [5.41, 5.74) is 5.84. The second-order valence-corrected chi connectivity index (χ2v) is 7.36. The van der Waals surface area contributed by atoms with E-state index in [0.717, 1.165) is 12.1 Å². The highest BCUT2D eigenvalue weighted by molar-refractivity contribution is 9.10. The van der Waals surface area contributed by atoms with Crippen molar-refractivity contribution < 1.29 is 12.8 Å². The molecular weight excluding hydrogens is 406 g/mol. The average Bonchev–Trinajstić information content (AvgIpc) is 2.37. The number of hydrogen-bond donors (Lipinski definition) is 2. The van der Waals surface area contributed by atoms with Crippen molar-refractivity contribution in [2.75, 3.05) is 10.5 Å². The van der Waals surface area contributed by atoms with Gasteiger partial charge >= 0.3 is 0 Å². The molecule has 0 radical (unpaired) electrons. The van der Waals surface area contributed by atoms with E-state index in [2.05, 4.69) is 20.7 Å². The first-order valence-corrected chi connectivity index (χ1v) is 8.46. The lowest BCUT2D eigenvalue weighted by Crippen LogP contribution is -2.15. The van der Waals surface area contributed by atoms with Gasteiger partial charge in [-0.3, -0.25) is 4.72 Å². The van der Waals surface area contributed by atoms with E-state index >= 15 is 0 Å². The van der Waals surface area contributed by atoms with Gasteiger partial charge in [0.15, 0.2) is 0 Å². The van der Waals surface area contributed by atoms with E-state index in [1.807, 2.05) is 0 Å². The lowest BCUT2D eigenvalue weighted by atomic mass is 10.3. The summed E-state index contributed by atoms with van der Waals surface area (Å²) >= 11 is 14.6. The number of anilines is 2. The van der Waals surface area contributed by atoms with Crippen LogP contribution in [0.25, 0.3) is 0 Å². The molecule has 112 valence electrons. The van der Waals surface area contributed by atoms with Gasteiger partial charge in [-0.1, -0.05) is 23.2 Å². The predicted octanol–water partition coefficient (Wildman–Crippen LogP) is 4.28. The predicted molar refractivity (Wildman–Crippen MR) is 85.8 cm³/mol. The molecule has 2 rings (SSSR count). The number of halogens is 4. The molecule has 0 fully saturated rings. The van der Waals surface area contributed by atoms with Crippen molar-refractivity contribution in [3.05, 3.63) is 50.7 Å². The monoisotopic (exact) mass is 412 g/mol. The second kappa shape index (κ2) is 6.00. The van der Waals surface area contributed by atoms with E-state index in [9.17, 15) is 12.8 Å². The summed E-state index contributed by atoms with van der Waals surface area (Å²) in [6.07, 6.45) is 0. The highest BCUT2D eigenvalue weighted by Crippen LogP contribution is 2.29. The molecule has 0 amide bonds. The molecule has 0 bridgehead atoms. The minimum absolute atomic E-state index is 0.103. The molecule has 0 unspecified atom stereocenters. The number of sulfonamides is 1. The van der Waals surface area contributed by atoms with Crippen LogP contribution in [0.15, 0.2) is 39.7 Å². The van der Waals surface area contributed by atoms with Gasteiger partial charge in [0, 0.05) is 10.2 Å². The standard InChI is InChI=1S/C12H8BrCl2FN2O2S/c13-7-4-10(16)12(5-11(7)17)21(19,20)18-6-1-2-8(14)9(15)3-6/h1-5,18H,17H2. The van der Waals surface area contributed by atoms with Crippen molar-refractivity contribution in [2.24, 2.45) is 0 Å². The lowest BCUT2D eigenvalue weighted by molar-refractivity contribution is 0.570. The Morgan fingerprint density at radius 3 is 2.43 bits per heavy atom. The molecule has 0 aliphatic carbocycles. The first-order valence-electron chi connectivity index (χ1n) is 5.43.